The van der Waals surface area contributed by atoms with E-state index in [1.54, 1.807) is 12.1 Å². The molecule has 1 heterocycles. The zero-order valence-corrected chi connectivity index (χ0v) is 19.9. The number of alkyl halides is 3. The molecule has 0 amide bonds. The first-order valence-electron chi connectivity index (χ1n) is 11.0. The van der Waals surface area contributed by atoms with E-state index in [-0.39, 0.29) is 36.0 Å². The monoisotopic (exact) mass is 513 g/mol. The van der Waals surface area contributed by atoms with Gasteiger partial charge in [-0.1, -0.05) is 42.5 Å². The number of hydrogen-bond acceptors (Lipinski definition) is 7. The topological polar surface area (TPSA) is 74.3 Å². The van der Waals surface area contributed by atoms with E-state index in [1.165, 1.54) is 0 Å². The maximum absolute atomic E-state index is 13.6. The molecule has 192 valence electrons. The molecule has 0 spiro atoms. The van der Waals surface area contributed by atoms with Crippen LogP contribution in [0.3, 0.4) is 0 Å². The molecule has 0 radical (unpaired) electrons. The molecule has 1 aliphatic heterocycles. The second kappa shape index (κ2) is 10.8. The van der Waals surface area contributed by atoms with Crippen LogP contribution in [-0.2, 0) is 30.0 Å². The summed E-state index contributed by atoms with van der Waals surface area (Å²) in [6.07, 6.45) is -4.68. The summed E-state index contributed by atoms with van der Waals surface area (Å²) in [5.41, 5.74) is 0.272. The van der Waals surface area contributed by atoms with E-state index in [4.69, 9.17) is 18.9 Å². The molecular formula is C27H22F3NO6. The fourth-order valence-electron chi connectivity index (χ4n) is 3.80. The van der Waals surface area contributed by atoms with Gasteiger partial charge >= 0.3 is 18.1 Å². The third-order valence-electron chi connectivity index (χ3n) is 5.60. The van der Waals surface area contributed by atoms with Crippen LogP contribution in [0.1, 0.15) is 5.56 Å². The molecule has 0 fully saturated rings. The Kier molecular flexibility index (Phi) is 7.49. The molecule has 0 atom stereocenters. The molecule has 0 bridgehead atoms. The summed E-state index contributed by atoms with van der Waals surface area (Å²) >= 11 is 0. The number of benzene rings is 3. The first-order chi connectivity index (χ1) is 17.7. The molecule has 0 aromatic heterocycles. The lowest BCUT2D eigenvalue weighted by atomic mass is 10.1. The molecule has 1 aliphatic rings. The van der Waals surface area contributed by atoms with Crippen LogP contribution in [0.5, 0.6) is 11.5 Å². The SMILES string of the molecule is COC(=O)C1=C(C(=O)OC)N(c2cc(C(F)(F)F)ccc2Oc2ccc(-c3ccccc3)cc2)COC1. The van der Waals surface area contributed by atoms with Gasteiger partial charge in [0.1, 0.15) is 18.2 Å². The van der Waals surface area contributed by atoms with Crippen molar-refractivity contribution in [3.63, 3.8) is 0 Å². The molecule has 37 heavy (non-hydrogen) atoms. The first kappa shape index (κ1) is 25.8. The van der Waals surface area contributed by atoms with Crippen LogP contribution in [0.2, 0.25) is 0 Å². The Bertz CT molecular complexity index is 1320. The Morgan fingerprint density at radius 3 is 2.14 bits per heavy atom. The van der Waals surface area contributed by atoms with Crippen molar-refractivity contribution in [3.05, 3.63) is 89.6 Å². The van der Waals surface area contributed by atoms with E-state index in [0.29, 0.717) is 5.75 Å². The largest absolute Gasteiger partial charge is 0.466 e. The highest BCUT2D eigenvalue weighted by Crippen LogP contribution is 2.41. The van der Waals surface area contributed by atoms with Crippen LogP contribution in [0, 0.1) is 0 Å². The van der Waals surface area contributed by atoms with Crippen LogP contribution >= 0.6 is 0 Å². The molecule has 3 aromatic rings. The highest BCUT2D eigenvalue weighted by molar-refractivity contribution is 6.03. The highest BCUT2D eigenvalue weighted by atomic mass is 19.4. The highest BCUT2D eigenvalue weighted by Gasteiger charge is 2.36. The fourth-order valence-corrected chi connectivity index (χ4v) is 3.80. The Hall–Kier alpha value is -4.31. The van der Waals surface area contributed by atoms with Gasteiger partial charge in [0.05, 0.1) is 37.7 Å². The van der Waals surface area contributed by atoms with Gasteiger partial charge in [0.2, 0.25) is 0 Å². The van der Waals surface area contributed by atoms with Gasteiger partial charge in [-0.25, -0.2) is 9.59 Å². The lowest BCUT2D eigenvalue weighted by Crippen LogP contribution is -2.39. The Morgan fingerprint density at radius 1 is 0.865 bits per heavy atom. The number of methoxy groups -OCH3 is 2. The van der Waals surface area contributed by atoms with Crippen molar-refractivity contribution in [1.29, 1.82) is 0 Å². The first-order valence-corrected chi connectivity index (χ1v) is 11.0. The van der Waals surface area contributed by atoms with Gasteiger partial charge in [0, 0.05) is 0 Å². The van der Waals surface area contributed by atoms with Gasteiger partial charge in [-0.2, -0.15) is 13.2 Å². The smallest absolute Gasteiger partial charge is 0.416 e. The number of esters is 2. The van der Waals surface area contributed by atoms with Crippen LogP contribution < -0.4 is 9.64 Å². The predicted molar refractivity (Wildman–Crippen MR) is 128 cm³/mol. The maximum Gasteiger partial charge on any atom is 0.416 e. The third kappa shape index (κ3) is 5.59. The molecule has 7 nitrogen and oxygen atoms in total. The zero-order valence-electron chi connectivity index (χ0n) is 19.9. The number of ether oxygens (including phenoxy) is 4. The van der Waals surface area contributed by atoms with Crippen LogP contribution in [0.25, 0.3) is 11.1 Å². The minimum Gasteiger partial charge on any atom is -0.466 e. The van der Waals surface area contributed by atoms with Crippen LogP contribution in [0.4, 0.5) is 18.9 Å². The van der Waals surface area contributed by atoms with Crippen molar-refractivity contribution in [2.24, 2.45) is 0 Å². The van der Waals surface area contributed by atoms with Gasteiger partial charge in [0.25, 0.3) is 0 Å². The molecule has 0 saturated heterocycles. The van der Waals surface area contributed by atoms with E-state index in [1.807, 2.05) is 42.5 Å². The predicted octanol–water partition coefficient (Wildman–Crippen LogP) is 5.56. The number of carbonyl (C=O) groups excluding carboxylic acids is 2. The minimum atomic E-state index is -4.68. The molecule has 10 heteroatoms. The van der Waals surface area contributed by atoms with Crippen molar-refractivity contribution in [2.45, 2.75) is 6.18 Å². The van der Waals surface area contributed by atoms with Gasteiger partial charge in [-0.15, -0.1) is 0 Å². The number of anilines is 1. The lowest BCUT2D eigenvalue weighted by molar-refractivity contribution is -0.140. The minimum absolute atomic E-state index is 0.00317. The van der Waals surface area contributed by atoms with Gasteiger partial charge in [0.15, 0.2) is 5.75 Å². The lowest BCUT2D eigenvalue weighted by Gasteiger charge is -2.32. The molecule has 0 N–H and O–H groups in total. The molecule has 0 aliphatic carbocycles. The standard InChI is InChI=1S/C27H22F3NO6/c1-34-25(32)21-15-36-16-31(24(21)26(33)35-2)22-14-19(27(28,29)30)10-13-23(22)37-20-11-8-18(9-12-20)17-6-4-3-5-7-17/h3-14H,15-16H2,1-2H3. The summed E-state index contributed by atoms with van der Waals surface area (Å²) in [4.78, 5) is 26.1. The number of nitrogens with zero attached hydrogens (tertiary/aromatic N) is 1. The van der Waals surface area contributed by atoms with E-state index in [9.17, 15) is 22.8 Å². The van der Waals surface area contributed by atoms with Gasteiger partial charge in [-0.05, 0) is 41.5 Å². The number of rotatable bonds is 6. The van der Waals surface area contributed by atoms with E-state index >= 15 is 0 Å². The summed E-state index contributed by atoms with van der Waals surface area (Å²) in [7, 11) is 2.21. The Morgan fingerprint density at radius 2 is 1.51 bits per heavy atom. The van der Waals surface area contributed by atoms with Crippen LogP contribution in [0.15, 0.2) is 84.1 Å². The molecule has 0 saturated carbocycles. The van der Waals surface area contributed by atoms with Crippen molar-refractivity contribution in [3.8, 4) is 22.6 Å². The molecular weight excluding hydrogens is 491 g/mol. The van der Waals surface area contributed by atoms with Gasteiger partial charge < -0.3 is 23.8 Å². The second-order valence-corrected chi connectivity index (χ2v) is 7.89. The fraction of sp³-hybridized carbons (Fsp3) is 0.185. The van der Waals surface area contributed by atoms with E-state index in [2.05, 4.69) is 0 Å². The van der Waals surface area contributed by atoms with Crippen molar-refractivity contribution >= 4 is 17.6 Å². The van der Waals surface area contributed by atoms with Crippen molar-refractivity contribution in [1.82, 2.24) is 0 Å². The summed E-state index contributed by atoms with van der Waals surface area (Å²) < 4.78 is 61.7. The van der Waals surface area contributed by atoms with E-state index < -0.39 is 23.7 Å². The number of carbonyl (C=O) groups is 2. The van der Waals surface area contributed by atoms with Crippen molar-refractivity contribution < 1.29 is 41.7 Å². The third-order valence-corrected chi connectivity index (χ3v) is 5.60. The second-order valence-electron chi connectivity index (χ2n) is 7.89. The average Bonchev–Trinajstić information content (AvgIpc) is 2.92. The summed E-state index contributed by atoms with van der Waals surface area (Å²) in [5, 5.41) is 0. The Labute approximate surface area is 210 Å². The normalized spacial score (nSPS) is 13.8. The van der Waals surface area contributed by atoms with Crippen LogP contribution in [-0.4, -0.2) is 39.5 Å². The average molecular weight is 513 g/mol. The number of hydrogen-bond donors (Lipinski definition) is 0. The maximum atomic E-state index is 13.6. The summed E-state index contributed by atoms with van der Waals surface area (Å²) in [6.45, 7) is -0.626. The quantitative estimate of drug-likeness (QED) is 0.400. The molecule has 4 rings (SSSR count). The molecule has 3 aromatic carbocycles. The summed E-state index contributed by atoms with van der Waals surface area (Å²) in [5.74, 6) is -1.48. The van der Waals surface area contributed by atoms with Crippen molar-refractivity contribution in [2.75, 3.05) is 32.5 Å². The number of halogens is 3. The zero-order chi connectivity index (χ0) is 26.6. The van der Waals surface area contributed by atoms with Gasteiger partial charge in [-0.3, -0.25) is 0 Å². The molecule has 0 unspecified atom stereocenters. The van der Waals surface area contributed by atoms with E-state index in [0.717, 1.165) is 48.4 Å². The summed E-state index contributed by atoms with van der Waals surface area (Å²) in [6, 6.07) is 19.4. The Balaban J connectivity index is 1.78.